The number of rotatable bonds is 5. The summed E-state index contributed by atoms with van der Waals surface area (Å²) in [6.07, 6.45) is 0.982. The fourth-order valence-electron chi connectivity index (χ4n) is 3.26. The highest BCUT2D eigenvalue weighted by molar-refractivity contribution is 6.05. The van der Waals surface area contributed by atoms with Crippen molar-refractivity contribution in [3.05, 3.63) is 89.1 Å². The van der Waals surface area contributed by atoms with Crippen LogP contribution < -0.4 is 15.5 Å². The zero-order valence-electron chi connectivity index (χ0n) is 21.7. The normalized spacial score (nSPS) is 10.5. The maximum atomic E-state index is 12.9. The van der Waals surface area contributed by atoms with Crippen LogP contribution in [0.2, 0.25) is 0 Å². The molecule has 0 aliphatic rings. The monoisotopic (exact) mass is 497 g/mol. The van der Waals surface area contributed by atoms with Crippen molar-refractivity contribution in [1.82, 2.24) is 10.3 Å². The van der Waals surface area contributed by atoms with Crippen LogP contribution >= 0.6 is 0 Å². The molecule has 0 aliphatic heterocycles. The molecule has 1 heterocycles. The van der Waals surface area contributed by atoms with E-state index in [1.807, 2.05) is 19.1 Å². The van der Waals surface area contributed by atoms with Gasteiger partial charge < -0.3 is 10.1 Å². The number of nitrogens with zero attached hydrogens (tertiary/aromatic N) is 2. The van der Waals surface area contributed by atoms with Crippen LogP contribution in [0.4, 0.5) is 16.3 Å². The molecule has 2 aromatic carbocycles. The van der Waals surface area contributed by atoms with Crippen LogP contribution in [-0.2, 0) is 4.74 Å². The Morgan fingerprint density at radius 3 is 2.41 bits per heavy atom. The number of pyridine rings is 1. The van der Waals surface area contributed by atoms with Crippen LogP contribution in [0.25, 0.3) is 0 Å². The molecule has 0 saturated carbocycles. The minimum absolute atomic E-state index is 0.0424. The molecule has 3 aromatic rings. The summed E-state index contributed by atoms with van der Waals surface area (Å²) in [5.74, 6) is 6.59. The van der Waals surface area contributed by atoms with Crippen molar-refractivity contribution in [3.63, 3.8) is 0 Å². The van der Waals surface area contributed by atoms with Gasteiger partial charge in [0, 0.05) is 35.6 Å². The van der Waals surface area contributed by atoms with Gasteiger partial charge in [-0.3, -0.25) is 20.4 Å². The summed E-state index contributed by atoms with van der Waals surface area (Å²) in [4.78, 5) is 30.5. The second-order valence-corrected chi connectivity index (χ2v) is 9.32. The summed E-state index contributed by atoms with van der Waals surface area (Å²) in [6.45, 7) is 7.63. The highest BCUT2D eigenvalue weighted by atomic mass is 16.6. The van der Waals surface area contributed by atoms with E-state index in [1.54, 1.807) is 82.5 Å². The number of benzene rings is 2. The number of ether oxygens (including phenoxy) is 1. The number of hydrogen-bond donors (Lipinski definition) is 3. The molecular formula is C29H31N5O3. The lowest BCUT2D eigenvalue weighted by Gasteiger charge is -2.19. The summed E-state index contributed by atoms with van der Waals surface area (Å²) in [5, 5.41) is 13.7. The third kappa shape index (κ3) is 7.94. The van der Waals surface area contributed by atoms with Gasteiger partial charge in [0.15, 0.2) is 0 Å². The van der Waals surface area contributed by atoms with Gasteiger partial charge in [0.05, 0.1) is 6.54 Å². The highest BCUT2D eigenvalue weighted by Crippen LogP contribution is 2.16. The lowest BCUT2D eigenvalue weighted by atomic mass is 10.0. The Balaban J connectivity index is 1.58. The number of alkyl carbamates (subject to hydrolysis) is 1. The fraction of sp³-hybridized carbons (Fsp3) is 0.241. The smallest absolute Gasteiger partial charge is 0.413 e. The van der Waals surface area contributed by atoms with Crippen molar-refractivity contribution in [1.29, 1.82) is 5.41 Å². The van der Waals surface area contributed by atoms with Gasteiger partial charge in [0.25, 0.3) is 5.91 Å². The average molecular weight is 498 g/mol. The Kier molecular flexibility index (Phi) is 8.64. The first-order valence-electron chi connectivity index (χ1n) is 11.7. The van der Waals surface area contributed by atoms with Gasteiger partial charge in [-0.2, -0.15) is 0 Å². The van der Waals surface area contributed by atoms with E-state index in [2.05, 4.69) is 27.5 Å². The summed E-state index contributed by atoms with van der Waals surface area (Å²) in [5.41, 5.74) is 3.03. The van der Waals surface area contributed by atoms with Gasteiger partial charge in [0.1, 0.15) is 17.3 Å². The molecule has 37 heavy (non-hydrogen) atoms. The maximum absolute atomic E-state index is 12.9. The van der Waals surface area contributed by atoms with Crippen LogP contribution in [-0.4, -0.2) is 42.0 Å². The number of amidine groups is 1. The van der Waals surface area contributed by atoms with Crippen molar-refractivity contribution in [3.8, 4) is 11.8 Å². The molecule has 1 aromatic heterocycles. The van der Waals surface area contributed by atoms with Crippen molar-refractivity contribution in [2.75, 3.05) is 23.8 Å². The molecule has 0 saturated heterocycles. The van der Waals surface area contributed by atoms with E-state index < -0.39 is 11.7 Å². The predicted molar refractivity (Wildman–Crippen MR) is 146 cm³/mol. The van der Waals surface area contributed by atoms with Gasteiger partial charge in [0.2, 0.25) is 0 Å². The lowest BCUT2D eigenvalue weighted by Crippen LogP contribution is -2.36. The van der Waals surface area contributed by atoms with Crippen LogP contribution in [0.15, 0.2) is 66.9 Å². The quantitative estimate of drug-likeness (QED) is 0.262. The second-order valence-electron chi connectivity index (χ2n) is 9.32. The molecule has 0 fully saturated rings. The minimum atomic E-state index is -0.667. The second kappa shape index (κ2) is 11.9. The Morgan fingerprint density at radius 2 is 1.76 bits per heavy atom. The molecule has 0 bridgehead atoms. The van der Waals surface area contributed by atoms with Crippen LogP contribution in [0.3, 0.4) is 0 Å². The van der Waals surface area contributed by atoms with Crippen LogP contribution in [0.5, 0.6) is 0 Å². The van der Waals surface area contributed by atoms with E-state index in [-0.39, 0.29) is 11.7 Å². The minimum Gasteiger partial charge on any atom is -0.444 e. The number of hydrogen-bond acceptors (Lipinski definition) is 6. The Hall–Kier alpha value is -4.64. The largest absolute Gasteiger partial charge is 0.444 e. The molecule has 190 valence electrons. The van der Waals surface area contributed by atoms with Gasteiger partial charge in [-0.05, 0) is 81.8 Å². The standard InChI is InChI=1S/C29H31N5O3/c1-20-11-12-23(27(35)34(5)25-10-6-7-17-32-25)19-22(20)9-8-18-31-24-15-13-21(14-16-24)26(30)33-28(36)37-29(2,3)4/h6-7,10-17,19,31H,18H2,1-5H3,(H2,30,33,36). The highest BCUT2D eigenvalue weighted by Gasteiger charge is 2.17. The van der Waals surface area contributed by atoms with E-state index in [9.17, 15) is 9.59 Å². The molecule has 0 atom stereocenters. The predicted octanol–water partition coefficient (Wildman–Crippen LogP) is 4.98. The van der Waals surface area contributed by atoms with Crippen molar-refractivity contribution >= 4 is 29.3 Å². The van der Waals surface area contributed by atoms with Crippen molar-refractivity contribution < 1.29 is 14.3 Å². The van der Waals surface area contributed by atoms with Gasteiger partial charge in [-0.15, -0.1) is 0 Å². The van der Waals surface area contributed by atoms with E-state index in [0.29, 0.717) is 23.5 Å². The van der Waals surface area contributed by atoms with Gasteiger partial charge in [-0.1, -0.05) is 24.0 Å². The number of carbonyl (C=O) groups excluding carboxylic acids is 2. The Bertz CT molecular complexity index is 1330. The van der Waals surface area contributed by atoms with Crippen molar-refractivity contribution in [2.45, 2.75) is 33.3 Å². The number of aryl methyl sites for hydroxylation is 1. The maximum Gasteiger partial charge on any atom is 0.413 e. The van der Waals surface area contributed by atoms with Crippen molar-refractivity contribution in [2.24, 2.45) is 0 Å². The summed E-state index contributed by atoms with van der Waals surface area (Å²) in [7, 11) is 1.69. The lowest BCUT2D eigenvalue weighted by molar-refractivity contribution is 0.0563. The first-order chi connectivity index (χ1) is 17.5. The zero-order valence-corrected chi connectivity index (χ0v) is 21.7. The van der Waals surface area contributed by atoms with E-state index in [4.69, 9.17) is 10.1 Å². The van der Waals surface area contributed by atoms with E-state index >= 15 is 0 Å². The molecule has 0 aliphatic carbocycles. The molecule has 2 amide bonds. The molecule has 8 heteroatoms. The molecular weight excluding hydrogens is 466 g/mol. The van der Waals surface area contributed by atoms with Crippen LogP contribution in [0.1, 0.15) is 47.8 Å². The summed E-state index contributed by atoms with van der Waals surface area (Å²) in [6, 6.07) is 18.0. The Labute approximate surface area is 217 Å². The van der Waals surface area contributed by atoms with Gasteiger partial charge in [-0.25, -0.2) is 9.78 Å². The Morgan fingerprint density at radius 1 is 1.05 bits per heavy atom. The molecule has 3 rings (SSSR count). The van der Waals surface area contributed by atoms with Gasteiger partial charge >= 0.3 is 6.09 Å². The first-order valence-corrected chi connectivity index (χ1v) is 11.7. The molecule has 3 N–H and O–H groups in total. The number of anilines is 2. The molecule has 8 nitrogen and oxygen atoms in total. The third-order valence-corrected chi connectivity index (χ3v) is 5.19. The average Bonchev–Trinajstić information content (AvgIpc) is 2.86. The number of carbonyl (C=O) groups is 2. The van der Waals surface area contributed by atoms with Crippen LogP contribution in [0, 0.1) is 24.2 Å². The molecule has 0 unspecified atom stereocenters. The fourth-order valence-corrected chi connectivity index (χ4v) is 3.26. The molecule has 0 spiro atoms. The molecule has 0 radical (unpaired) electrons. The number of aromatic nitrogens is 1. The number of amides is 2. The first kappa shape index (κ1) is 27.0. The van der Waals surface area contributed by atoms with E-state index in [1.165, 1.54) is 4.90 Å². The SMILES string of the molecule is Cc1ccc(C(=O)N(C)c2ccccn2)cc1C#CCNc1ccc(C(=N)NC(=O)OC(C)(C)C)cc1. The topological polar surface area (TPSA) is 107 Å². The third-order valence-electron chi connectivity index (χ3n) is 5.19. The van der Waals surface area contributed by atoms with E-state index in [0.717, 1.165) is 16.8 Å². The number of nitrogens with one attached hydrogen (secondary N) is 3. The summed E-state index contributed by atoms with van der Waals surface area (Å²) < 4.78 is 5.17. The summed E-state index contributed by atoms with van der Waals surface area (Å²) >= 11 is 0. The zero-order chi connectivity index (χ0) is 27.0.